The molecule has 1 atom stereocenters. The highest BCUT2D eigenvalue weighted by Crippen LogP contribution is 2.21. The summed E-state index contributed by atoms with van der Waals surface area (Å²) in [7, 11) is 2.59. The van der Waals surface area contributed by atoms with Gasteiger partial charge in [0.05, 0.1) is 14.2 Å². The molecular weight excluding hydrogens is 277 g/mol. The fraction of sp³-hybridized carbons (Fsp3) is 0.467. The molecule has 5 nitrogen and oxygen atoms in total. The van der Waals surface area contributed by atoms with Crippen molar-refractivity contribution in [3.05, 3.63) is 29.6 Å². The Kier molecular flexibility index (Phi) is 6.14. The summed E-state index contributed by atoms with van der Waals surface area (Å²) in [6, 6.07) is 3.25. The number of benzene rings is 1. The number of amides is 1. The molecule has 0 aliphatic rings. The standard InChI is InChI=1S/C15H20FNO4/c1-9(2)8-11(15(19)21-4)17-14(18)13-10(16)6-5-7-12(13)20-3/h5-7,9,11H,8H2,1-4H3,(H,17,18). The summed E-state index contributed by atoms with van der Waals surface area (Å²) in [5, 5.41) is 2.50. The molecule has 0 saturated carbocycles. The van der Waals surface area contributed by atoms with Crippen LogP contribution < -0.4 is 10.1 Å². The Labute approximate surface area is 123 Å². The normalized spacial score (nSPS) is 11.9. The van der Waals surface area contributed by atoms with E-state index in [0.717, 1.165) is 6.07 Å². The van der Waals surface area contributed by atoms with Crippen LogP contribution in [-0.2, 0) is 9.53 Å². The van der Waals surface area contributed by atoms with E-state index in [1.54, 1.807) is 0 Å². The van der Waals surface area contributed by atoms with Crippen LogP contribution in [0.2, 0.25) is 0 Å². The third kappa shape index (κ3) is 4.44. The molecule has 0 spiro atoms. The van der Waals surface area contributed by atoms with E-state index in [0.29, 0.717) is 6.42 Å². The maximum Gasteiger partial charge on any atom is 0.328 e. The van der Waals surface area contributed by atoms with Crippen LogP contribution in [0.25, 0.3) is 0 Å². The van der Waals surface area contributed by atoms with Crippen molar-refractivity contribution in [2.24, 2.45) is 5.92 Å². The number of carbonyl (C=O) groups excluding carboxylic acids is 2. The van der Waals surface area contributed by atoms with Gasteiger partial charge in [0.1, 0.15) is 23.2 Å². The summed E-state index contributed by atoms with van der Waals surface area (Å²) in [4.78, 5) is 23.9. The summed E-state index contributed by atoms with van der Waals surface area (Å²) in [5.41, 5.74) is -0.224. The Morgan fingerprint density at radius 2 is 1.95 bits per heavy atom. The molecule has 0 radical (unpaired) electrons. The van der Waals surface area contributed by atoms with Gasteiger partial charge in [0.25, 0.3) is 5.91 Å². The second-order valence-electron chi connectivity index (χ2n) is 5.00. The summed E-state index contributed by atoms with van der Waals surface area (Å²) >= 11 is 0. The quantitative estimate of drug-likeness (QED) is 0.817. The van der Waals surface area contributed by atoms with Gasteiger partial charge in [-0.3, -0.25) is 4.79 Å². The predicted molar refractivity (Wildman–Crippen MR) is 75.7 cm³/mol. The first-order chi connectivity index (χ1) is 9.90. The zero-order chi connectivity index (χ0) is 16.0. The molecule has 1 unspecified atom stereocenters. The van der Waals surface area contributed by atoms with Crippen molar-refractivity contribution < 1.29 is 23.5 Å². The van der Waals surface area contributed by atoms with E-state index in [2.05, 4.69) is 10.1 Å². The van der Waals surface area contributed by atoms with Gasteiger partial charge >= 0.3 is 5.97 Å². The Morgan fingerprint density at radius 3 is 2.48 bits per heavy atom. The molecule has 0 saturated heterocycles. The summed E-state index contributed by atoms with van der Waals surface area (Å²) in [5.74, 6) is -1.70. The average molecular weight is 297 g/mol. The van der Waals surface area contributed by atoms with Crippen LogP contribution in [0.15, 0.2) is 18.2 Å². The lowest BCUT2D eigenvalue weighted by Gasteiger charge is -2.19. The Bertz CT molecular complexity index is 516. The number of carbonyl (C=O) groups is 2. The van der Waals surface area contributed by atoms with Crippen molar-refractivity contribution in [1.82, 2.24) is 5.32 Å². The fourth-order valence-corrected chi connectivity index (χ4v) is 1.95. The third-order valence-electron chi connectivity index (χ3n) is 2.92. The number of hydrogen-bond donors (Lipinski definition) is 1. The second kappa shape index (κ2) is 7.61. The van der Waals surface area contributed by atoms with Gasteiger partial charge in [0, 0.05) is 0 Å². The van der Waals surface area contributed by atoms with Gasteiger partial charge in [-0.1, -0.05) is 19.9 Å². The van der Waals surface area contributed by atoms with Gasteiger partial charge < -0.3 is 14.8 Å². The number of halogens is 1. The summed E-state index contributed by atoms with van der Waals surface area (Å²) < 4.78 is 23.5. The topological polar surface area (TPSA) is 64.6 Å². The minimum atomic E-state index is -0.827. The number of hydrogen-bond acceptors (Lipinski definition) is 4. The average Bonchev–Trinajstić information content (AvgIpc) is 2.44. The number of ether oxygens (including phenoxy) is 2. The molecule has 0 aliphatic carbocycles. The lowest BCUT2D eigenvalue weighted by molar-refractivity contribution is -0.143. The van der Waals surface area contributed by atoms with Crippen LogP contribution >= 0.6 is 0 Å². The molecule has 1 N–H and O–H groups in total. The van der Waals surface area contributed by atoms with Crippen molar-refractivity contribution >= 4 is 11.9 Å². The van der Waals surface area contributed by atoms with Crippen LogP contribution in [0.5, 0.6) is 5.75 Å². The highest BCUT2D eigenvalue weighted by Gasteiger charge is 2.26. The Hall–Kier alpha value is -2.11. The Balaban J connectivity index is 2.99. The molecule has 1 aromatic carbocycles. The number of rotatable bonds is 6. The van der Waals surface area contributed by atoms with Gasteiger partial charge in [-0.05, 0) is 24.5 Å². The minimum Gasteiger partial charge on any atom is -0.496 e. The third-order valence-corrected chi connectivity index (χ3v) is 2.92. The fourth-order valence-electron chi connectivity index (χ4n) is 1.95. The zero-order valence-corrected chi connectivity index (χ0v) is 12.6. The molecule has 1 amide bonds. The second-order valence-corrected chi connectivity index (χ2v) is 5.00. The highest BCUT2D eigenvalue weighted by atomic mass is 19.1. The Morgan fingerprint density at radius 1 is 1.29 bits per heavy atom. The van der Waals surface area contributed by atoms with E-state index in [9.17, 15) is 14.0 Å². The molecule has 0 aromatic heterocycles. The van der Waals surface area contributed by atoms with Crippen LogP contribution in [0.4, 0.5) is 4.39 Å². The lowest BCUT2D eigenvalue weighted by atomic mass is 10.0. The van der Waals surface area contributed by atoms with Crippen molar-refractivity contribution in [2.45, 2.75) is 26.3 Å². The summed E-state index contributed by atoms with van der Waals surface area (Å²) in [6.07, 6.45) is 0.398. The SMILES string of the molecule is COC(=O)C(CC(C)C)NC(=O)c1c(F)cccc1OC. The van der Waals surface area contributed by atoms with E-state index in [1.807, 2.05) is 13.8 Å². The smallest absolute Gasteiger partial charge is 0.328 e. The maximum atomic E-state index is 13.8. The zero-order valence-electron chi connectivity index (χ0n) is 12.6. The largest absolute Gasteiger partial charge is 0.496 e. The van der Waals surface area contributed by atoms with Crippen LogP contribution in [0.3, 0.4) is 0 Å². The van der Waals surface area contributed by atoms with Crippen molar-refractivity contribution in [3.63, 3.8) is 0 Å². The van der Waals surface area contributed by atoms with Crippen LogP contribution in [0.1, 0.15) is 30.6 Å². The van der Waals surface area contributed by atoms with E-state index >= 15 is 0 Å². The van der Waals surface area contributed by atoms with E-state index in [4.69, 9.17) is 4.74 Å². The van der Waals surface area contributed by atoms with Gasteiger partial charge in [-0.25, -0.2) is 9.18 Å². The molecule has 21 heavy (non-hydrogen) atoms. The number of esters is 1. The van der Waals surface area contributed by atoms with E-state index in [-0.39, 0.29) is 17.2 Å². The first kappa shape index (κ1) is 16.9. The first-order valence-electron chi connectivity index (χ1n) is 6.61. The van der Waals surface area contributed by atoms with Gasteiger partial charge in [-0.15, -0.1) is 0 Å². The molecule has 0 bridgehead atoms. The van der Waals surface area contributed by atoms with Crippen molar-refractivity contribution in [2.75, 3.05) is 14.2 Å². The van der Waals surface area contributed by atoms with Crippen molar-refractivity contribution in [3.8, 4) is 5.75 Å². The van der Waals surface area contributed by atoms with Gasteiger partial charge in [0.15, 0.2) is 0 Å². The van der Waals surface area contributed by atoms with E-state index in [1.165, 1.54) is 26.4 Å². The number of nitrogens with one attached hydrogen (secondary N) is 1. The molecule has 0 aliphatic heterocycles. The molecule has 1 rings (SSSR count). The maximum absolute atomic E-state index is 13.8. The number of methoxy groups -OCH3 is 2. The lowest BCUT2D eigenvalue weighted by Crippen LogP contribution is -2.42. The van der Waals surface area contributed by atoms with Crippen molar-refractivity contribution in [1.29, 1.82) is 0 Å². The van der Waals surface area contributed by atoms with Gasteiger partial charge in [0.2, 0.25) is 0 Å². The monoisotopic (exact) mass is 297 g/mol. The van der Waals surface area contributed by atoms with Crippen LogP contribution in [-0.4, -0.2) is 32.1 Å². The first-order valence-corrected chi connectivity index (χ1v) is 6.61. The molecule has 6 heteroatoms. The minimum absolute atomic E-state index is 0.112. The predicted octanol–water partition coefficient (Wildman–Crippen LogP) is 2.15. The molecule has 0 fully saturated rings. The summed E-state index contributed by atoms with van der Waals surface area (Å²) in [6.45, 7) is 3.82. The molecule has 1 aromatic rings. The van der Waals surface area contributed by atoms with Gasteiger partial charge in [-0.2, -0.15) is 0 Å². The highest BCUT2D eigenvalue weighted by molar-refractivity contribution is 5.99. The van der Waals surface area contributed by atoms with Crippen LogP contribution in [0, 0.1) is 11.7 Å². The van der Waals surface area contributed by atoms with E-state index < -0.39 is 23.7 Å². The molecule has 116 valence electrons. The molecule has 0 heterocycles. The molecular formula is C15H20FNO4.